The van der Waals surface area contributed by atoms with Gasteiger partial charge in [-0.3, -0.25) is 9.59 Å². The summed E-state index contributed by atoms with van der Waals surface area (Å²) in [6.07, 6.45) is -1.22. The minimum atomic E-state index is -0.927. The van der Waals surface area contributed by atoms with Crippen molar-refractivity contribution >= 4 is 11.9 Å². The first kappa shape index (κ1) is 16.5. The molecule has 1 N–H and O–H groups in total. The number of rotatable bonds is 6. The second kappa shape index (κ2) is 7.91. The summed E-state index contributed by atoms with van der Waals surface area (Å²) in [5.41, 5.74) is 0.802. The van der Waals surface area contributed by atoms with Gasteiger partial charge in [-0.05, 0) is 12.5 Å². The van der Waals surface area contributed by atoms with Gasteiger partial charge in [0.25, 0.3) is 5.91 Å². The van der Waals surface area contributed by atoms with E-state index in [1.807, 2.05) is 37.3 Å². The summed E-state index contributed by atoms with van der Waals surface area (Å²) in [6.45, 7) is 3.34. The Labute approximate surface area is 129 Å². The highest BCUT2D eigenvalue weighted by Gasteiger charge is 2.31. The van der Waals surface area contributed by atoms with Gasteiger partial charge in [0.15, 0.2) is 6.10 Å². The van der Waals surface area contributed by atoms with Gasteiger partial charge in [0, 0.05) is 19.7 Å². The molecule has 2 rings (SSSR count). The van der Waals surface area contributed by atoms with Crippen LogP contribution in [0.25, 0.3) is 0 Å². The van der Waals surface area contributed by atoms with Gasteiger partial charge < -0.3 is 19.5 Å². The maximum atomic E-state index is 12.7. The molecule has 1 amide bonds. The van der Waals surface area contributed by atoms with Crippen molar-refractivity contribution in [2.24, 2.45) is 0 Å². The smallest absolute Gasteiger partial charge is 0.306 e. The number of carboxylic acid groups (broad SMARTS) is 1. The van der Waals surface area contributed by atoms with Gasteiger partial charge in [-0.2, -0.15) is 0 Å². The largest absolute Gasteiger partial charge is 0.481 e. The van der Waals surface area contributed by atoms with Crippen LogP contribution in [0.2, 0.25) is 0 Å². The van der Waals surface area contributed by atoms with Gasteiger partial charge in [-0.25, -0.2) is 0 Å². The lowest BCUT2D eigenvalue weighted by atomic mass is 10.1. The summed E-state index contributed by atoms with van der Waals surface area (Å²) in [5.74, 6) is -1.07. The molecule has 1 aromatic carbocycles. The maximum absolute atomic E-state index is 12.7. The average Bonchev–Trinajstić information content (AvgIpc) is 2.52. The summed E-state index contributed by atoms with van der Waals surface area (Å²) >= 11 is 0. The topological polar surface area (TPSA) is 76.1 Å². The Hall–Kier alpha value is -1.92. The Balaban J connectivity index is 2.08. The van der Waals surface area contributed by atoms with Crippen LogP contribution in [0.5, 0.6) is 0 Å². The van der Waals surface area contributed by atoms with E-state index in [-0.39, 0.29) is 18.9 Å². The molecular formula is C16H21NO5. The van der Waals surface area contributed by atoms with Crippen LogP contribution in [-0.4, -0.2) is 54.3 Å². The second-order valence-electron chi connectivity index (χ2n) is 5.12. The minimum Gasteiger partial charge on any atom is -0.481 e. The molecule has 2 atom stereocenters. The predicted molar refractivity (Wildman–Crippen MR) is 79.4 cm³/mol. The zero-order valence-electron chi connectivity index (χ0n) is 12.6. The fourth-order valence-electron chi connectivity index (χ4n) is 2.51. The van der Waals surface area contributed by atoms with Crippen molar-refractivity contribution in [2.75, 3.05) is 26.3 Å². The number of benzene rings is 1. The van der Waals surface area contributed by atoms with E-state index in [1.54, 1.807) is 4.90 Å². The van der Waals surface area contributed by atoms with E-state index in [1.165, 1.54) is 0 Å². The van der Waals surface area contributed by atoms with Gasteiger partial charge in [0.05, 0.1) is 19.1 Å². The van der Waals surface area contributed by atoms with Gasteiger partial charge in [0.1, 0.15) is 0 Å². The Morgan fingerprint density at radius 3 is 2.77 bits per heavy atom. The number of nitrogens with zero attached hydrogens (tertiary/aromatic N) is 1. The first-order valence-electron chi connectivity index (χ1n) is 7.40. The van der Waals surface area contributed by atoms with Crippen molar-refractivity contribution in [2.45, 2.75) is 25.6 Å². The summed E-state index contributed by atoms with van der Waals surface area (Å²) in [6, 6.07) is 9.32. The van der Waals surface area contributed by atoms with Crippen LogP contribution in [0.3, 0.4) is 0 Å². The quantitative estimate of drug-likeness (QED) is 0.861. The molecule has 1 aliphatic rings. The first-order chi connectivity index (χ1) is 10.6. The zero-order valence-corrected chi connectivity index (χ0v) is 12.6. The lowest BCUT2D eigenvalue weighted by molar-refractivity contribution is -0.155. The average molecular weight is 307 g/mol. The lowest BCUT2D eigenvalue weighted by Gasteiger charge is -2.34. The number of hydrogen-bond acceptors (Lipinski definition) is 4. The molecule has 1 aliphatic heterocycles. The monoisotopic (exact) mass is 307 g/mol. The number of carbonyl (C=O) groups excluding carboxylic acids is 1. The Kier molecular flexibility index (Phi) is 5.91. The number of carbonyl (C=O) groups is 2. The van der Waals surface area contributed by atoms with Crippen LogP contribution in [-0.2, 0) is 19.1 Å². The van der Waals surface area contributed by atoms with E-state index in [0.717, 1.165) is 5.56 Å². The second-order valence-corrected chi connectivity index (χ2v) is 5.12. The van der Waals surface area contributed by atoms with Crippen molar-refractivity contribution in [1.29, 1.82) is 0 Å². The van der Waals surface area contributed by atoms with E-state index in [4.69, 9.17) is 14.6 Å². The highest BCUT2D eigenvalue weighted by molar-refractivity contribution is 5.82. The normalized spacial score (nSPS) is 19.7. The minimum absolute atomic E-state index is 0.103. The summed E-state index contributed by atoms with van der Waals surface area (Å²) < 4.78 is 11.0. The van der Waals surface area contributed by atoms with Crippen molar-refractivity contribution < 1.29 is 24.2 Å². The molecule has 0 bridgehead atoms. The molecule has 0 spiro atoms. The highest BCUT2D eigenvalue weighted by atomic mass is 16.5. The first-order valence-corrected chi connectivity index (χ1v) is 7.40. The molecule has 1 fully saturated rings. The third-order valence-electron chi connectivity index (χ3n) is 3.51. The van der Waals surface area contributed by atoms with Crippen LogP contribution in [0.4, 0.5) is 0 Å². The number of amides is 1. The standard InChI is InChI=1S/C16H21NO5/c1-2-21-15(12-6-4-3-5-7-12)16(20)17-8-9-22-13(11-17)10-14(18)19/h3-7,13,15H,2,8-11H2,1H3,(H,18,19). The fourth-order valence-corrected chi connectivity index (χ4v) is 2.51. The molecule has 1 saturated heterocycles. The maximum Gasteiger partial charge on any atom is 0.306 e. The molecule has 2 unspecified atom stereocenters. The molecule has 6 heteroatoms. The number of ether oxygens (including phenoxy) is 2. The molecule has 1 heterocycles. The van der Waals surface area contributed by atoms with Crippen LogP contribution >= 0.6 is 0 Å². The van der Waals surface area contributed by atoms with Crippen LogP contribution in [0.1, 0.15) is 25.0 Å². The van der Waals surface area contributed by atoms with Crippen molar-refractivity contribution in [3.05, 3.63) is 35.9 Å². The summed E-state index contributed by atoms with van der Waals surface area (Å²) in [5, 5.41) is 8.85. The third kappa shape index (κ3) is 4.29. The van der Waals surface area contributed by atoms with Crippen LogP contribution in [0, 0.1) is 0 Å². The van der Waals surface area contributed by atoms with Gasteiger partial charge in [-0.1, -0.05) is 30.3 Å². The number of carboxylic acids is 1. The number of aliphatic carboxylic acids is 1. The Morgan fingerprint density at radius 2 is 2.14 bits per heavy atom. The molecule has 0 aliphatic carbocycles. The molecule has 120 valence electrons. The van der Waals surface area contributed by atoms with Gasteiger partial charge in [0.2, 0.25) is 0 Å². The Bertz CT molecular complexity index is 505. The summed E-state index contributed by atoms with van der Waals surface area (Å²) in [7, 11) is 0. The van der Waals surface area contributed by atoms with Gasteiger partial charge in [-0.15, -0.1) is 0 Å². The number of hydrogen-bond donors (Lipinski definition) is 1. The fraction of sp³-hybridized carbons (Fsp3) is 0.500. The zero-order chi connectivity index (χ0) is 15.9. The molecule has 0 radical (unpaired) electrons. The SMILES string of the molecule is CCOC(C(=O)N1CCOC(CC(=O)O)C1)c1ccccc1. The molecular weight excluding hydrogens is 286 g/mol. The van der Waals surface area contributed by atoms with E-state index in [2.05, 4.69) is 0 Å². The predicted octanol–water partition coefficient (Wildman–Crippen LogP) is 1.47. The third-order valence-corrected chi connectivity index (χ3v) is 3.51. The van der Waals surface area contributed by atoms with Crippen molar-refractivity contribution in [3.8, 4) is 0 Å². The molecule has 0 aromatic heterocycles. The molecule has 1 aromatic rings. The van der Waals surface area contributed by atoms with E-state index < -0.39 is 18.2 Å². The lowest BCUT2D eigenvalue weighted by Crippen LogP contribution is -2.48. The molecule has 0 saturated carbocycles. The molecule has 6 nitrogen and oxygen atoms in total. The highest BCUT2D eigenvalue weighted by Crippen LogP contribution is 2.22. The van der Waals surface area contributed by atoms with Crippen molar-refractivity contribution in [1.82, 2.24) is 4.90 Å². The van der Waals surface area contributed by atoms with E-state index in [9.17, 15) is 9.59 Å². The van der Waals surface area contributed by atoms with E-state index in [0.29, 0.717) is 19.8 Å². The van der Waals surface area contributed by atoms with Gasteiger partial charge >= 0.3 is 5.97 Å². The van der Waals surface area contributed by atoms with Crippen LogP contribution < -0.4 is 0 Å². The number of morpholine rings is 1. The van der Waals surface area contributed by atoms with Crippen LogP contribution in [0.15, 0.2) is 30.3 Å². The Morgan fingerprint density at radius 1 is 1.41 bits per heavy atom. The van der Waals surface area contributed by atoms with Crippen molar-refractivity contribution in [3.63, 3.8) is 0 Å². The van der Waals surface area contributed by atoms with E-state index >= 15 is 0 Å². The summed E-state index contributed by atoms with van der Waals surface area (Å²) in [4.78, 5) is 25.1. The molecule has 22 heavy (non-hydrogen) atoms.